The number of benzene rings is 1. The summed E-state index contributed by atoms with van der Waals surface area (Å²) in [5, 5.41) is 3.02. The third-order valence-corrected chi connectivity index (χ3v) is 4.92. The number of ether oxygens (including phenoxy) is 1. The van der Waals surface area contributed by atoms with Gasteiger partial charge in [-0.25, -0.2) is 8.42 Å². The molecule has 6 nitrogen and oxygen atoms in total. The fraction of sp³-hybridized carbons (Fsp3) is 0.462. The van der Waals surface area contributed by atoms with Crippen LogP contribution < -0.4 is 9.62 Å². The van der Waals surface area contributed by atoms with E-state index in [0.717, 1.165) is 10.6 Å². The minimum absolute atomic E-state index is 0.0718. The monoisotopic (exact) mass is 402 g/mol. The van der Waals surface area contributed by atoms with E-state index in [4.69, 9.17) is 39.5 Å². The lowest BCUT2D eigenvalue weighted by atomic mass is 10.3. The number of halogens is 3. The Bertz CT molecular complexity index is 682. The number of methoxy groups -OCH3 is 1. The average Bonchev–Trinajstić information content (AvgIpc) is 2.39. The molecule has 0 aromatic heterocycles. The number of carbonyl (C=O) groups excluding carboxylic acids is 1. The molecule has 23 heavy (non-hydrogen) atoms. The van der Waals surface area contributed by atoms with E-state index in [1.807, 2.05) is 0 Å². The van der Waals surface area contributed by atoms with Gasteiger partial charge in [-0.15, -0.1) is 0 Å². The standard InChI is InChI=1S/C13H17Cl3N2O4S/c1-8(7-22-2)17-13(19)6-18(23(3,20)21)12-5-10(15)9(14)4-11(12)16/h4-5,8H,6-7H2,1-3H3,(H,17,19)/t8-/m0/s1. The Hall–Kier alpha value is -0.730. The smallest absolute Gasteiger partial charge is 0.241 e. The normalized spacial score (nSPS) is 12.8. The van der Waals surface area contributed by atoms with Crippen molar-refractivity contribution < 1.29 is 17.9 Å². The second-order valence-corrected chi connectivity index (χ2v) is 8.04. The summed E-state index contributed by atoms with van der Waals surface area (Å²) in [6.07, 6.45) is 0.970. The fourth-order valence-electron chi connectivity index (χ4n) is 1.83. The summed E-state index contributed by atoms with van der Waals surface area (Å²) in [6, 6.07) is 2.36. The Balaban J connectivity index is 3.08. The van der Waals surface area contributed by atoms with Crippen LogP contribution in [-0.4, -0.2) is 46.9 Å². The summed E-state index contributed by atoms with van der Waals surface area (Å²) >= 11 is 17.8. The Labute approximate surface area is 150 Å². The topological polar surface area (TPSA) is 75.7 Å². The highest BCUT2D eigenvalue weighted by molar-refractivity contribution is 7.92. The molecule has 1 aromatic rings. The Morgan fingerprint density at radius 3 is 2.35 bits per heavy atom. The fourth-order valence-corrected chi connectivity index (χ4v) is 3.38. The summed E-state index contributed by atoms with van der Waals surface area (Å²) in [7, 11) is -2.26. The summed E-state index contributed by atoms with van der Waals surface area (Å²) < 4.78 is 29.8. The van der Waals surface area contributed by atoms with Crippen molar-refractivity contribution in [2.24, 2.45) is 0 Å². The van der Waals surface area contributed by atoms with Gasteiger partial charge in [-0.2, -0.15) is 0 Å². The van der Waals surface area contributed by atoms with Crippen LogP contribution in [0, 0.1) is 0 Å². The molecule has 0 spiro atoms. The number of sulfonamides is 1. The maximum atomic E-state index is 12.0. The van der Waals surface area contributed by atoms with E-state index in [1.54, 1.807) is 6.92 Å². The van der Waals surface area contributed by atoms with Gasteiger partial charge in [0.15, 0.2) is 0 Å². The second kappa shape index (κ2) is 8.39. The lowest BCUT2D eigenvalue weighted by Crippen LogP contribution is -2.44. The van der Waals surface area contributed by atoms with Gasteiger partial charge in [0.2, 0.25) is 15.9 Å². The number of amides is 1. The first-order valence-electron chi connectivity index (χ1n) is 6.46. The van der Waals surface area contributed by atoms with E-state index in [9.17, 15) is 13.2 Å². The van der Waals surface area contributed by atoms with Gasteiger partial charge in [0.05, 0.1) is 33.6 Å². The molecular weight excluding hydrogens is 387 g/mol. The predicted octanol–water partition coefficient (Wildman–Crippen LogP) is 2.56. The third kappa shape index (κ3) is 6.00. The van der Waals surface area contributed by atoms with E-state index < -0.39 is 22.5 Å². The van der Waals surface area contributed by atoms with Crippen molar-refractivity contribution in [1.82, 2.24) is 5.32 Å². The molecule has 130 valence electrons. The molecule has 0 radical (unpaired) electrons. The third-order valence-electron chi connectivity index (χ3n) is 2.77. The zero-order chi connectivity index (χ0) is 17.8. The maximum Gasteiger partial charge on any atom is 0.241 e. The van der Waals surface area contributed by atoms with E-state index in [-0.39, 0.29) is 26.8 Å². The Kier molecular flexibility index (Phi) is 7.41. The molecule has 0 bridgehead atoms. The molecule has 1 aromatic carbocycles. The van der Waals surface area contributed by atoms with Crippen molar-refractivity contribution in [3.05, 3.63) is 27.2 Å². The van der Waals surface area contributed by atoms with Gasteiger partial charge >= 0.3 is 0 Å². The second-order valence-electron chi connectivity index (χ2n) is 4.91. The van der Waals surface area contributed by atoms with Gasteiger partial charge in [-0.3, -0.25) is 9.10 Å². The van der Waals surface area contributed by atoms with Crippen molar-refractivity contribution in [1.29, 1.82) is 0 Å². The van der Waals surface area contributed by atoms with Crippen molar-refractivity contribution in [2.75, 3.05) is 30.8 Å². The molecule has 0 fully saturated rings. The SMILES string of the molecule is COC[C@H](C)NC(=O)CN(c1cc(Cl)c(Cl)cc1Cl)S(C)(=O)=O. The van der Waals surface area contributed by atoms with Crippen LogP contribution in [0.5, 0.6) is 0 Å². The zero-order valence-corrected chi connectivity index (χ0v) is 15.9. The summed E-state index contributed by atoms with van der Waals surface area (Å²) in [5.41, 5.74) is 0.0816. The minimum Gasteiger partial charge on any atom is -0.383 e. The van der Waals surface area contributed by atoms with E-state index in [2.05, 4.69) is 5.32 Å². The Morgan fingerprint density at radius 2 is 1.83 bits per heavy atom. The average molecular weight is 404 g/mol. The van der Waals surface area contributed by atoms with Gasteiger partial charge in [-0.05, 0) is 19.1 Å². The molecular formula is C13H17Cl3N2O4S. The molecule has 0 aliphatic rings. The van der Waals surface area contributed by atoms with Crippen LogP contribution in [-0.2, 0) is 19.6 Å². The number of nitrogens with zero attached hydrogens (tertiary/aromatic N) is 1. The number of hydrogen-bond donors (Lipinski definition) is 1. The summed E-state index contributed by atoms with van der Waals surface area (Å²) in [4.78, 5) is 12.0. The number of anilines is 1. The summed E-state index contributed by atoms with van der Waals surface area (Å²) in [5.74, 6) is -0.498. The molecule has 0 saturated carbocycles. The molecule has 0 heterocycles. The lowest BCUT2D eigenvalue weighted by molar-refractivity contribution is -0.120. The number of nitrogens with one attached hydrogen (secondary N) is 1. The molecule has 1 rings (SSSR count). The highest BCUT2D eigenvalue weighted by atomic mass is 35.5. The molecule has 0 aliphatic heterocycles. The lowest BCUT2D eigenvalue weighted by Gasteiger charge is -2.24. The van der Waals surface area contributed by atoms with Crippen LogP contribution in [0.3, 0.4) is 0 Å². The maximum absolute atomic E-state index is 12.0. The van der Waals surface area contributed by atoms with Crippen LogP contribution >= 0.6 is 34.8 Å². The number of rotatable bonds is 7. The highest BCUT2D eigenvalue weighted by Crippen LogP contribution is 2.35. The van der Waals surface area contributed by atoms with Crippen LogP contribution in [0.2, 0.25) is 15.1 Å². The minimum atomic E-state index is -3.76. The van der Waals surface area contributed by atoms with Gasteiger partial charge in [0.25, 0.3) is 0 Å². The number of carbonyl (C=O) groups is 1. The quantitative estimate of drug-likeness (QED) is 0.710. The van der Waals surface area contributed by atoms with Crippen LogP contribution in [0.25, 0.3) is 0 Å². The van der Waals surface area contributed by atoms with E-state index in [1.165, 1.54) is 19.2 Å². The molecule has 10 heteroatoms. The Morgan fingerprint density at radius 1 is 1.26 bits per heavy atom. The molecule has 0 aliphatic carbocycles. The highest BCUT2D eigenvalue weighted by Gasteiger charge is 2.24. The molecule has 0 saturated heterocycles. The first kappa shape index (κ1) is 20.3. The van der Waals surface area contributed by atoms with Crippen molar-refractivity contribution in [3.8, 4) is 0 Å². The zero-order valence-electron chi connectivity index (χ0n) is 12.8. The van der Waals surface area contributed by atoms with E-state index in [0.29, 0.717) is 6.61 Å². The van der Waals surface area contributed by atoms with Crippen LogP contribution in [0.1, 0.15) is 6.92 Å². The molecule has 1 N–H and O–H groups in total. The van der Waals surface area contributed by atoms with Crippen LogP contribution in [0.4, 0.5) is 5.69 Å². The van der Waals surface area contributed by atoms with E-state index >= 15 is 0 Å². The first-order chi connectivity index (χ1) is 10.6. The molecule has 1 amide bonds. The number of hydrogen-bond acceptors (Lipinski definition) is 4. The molecule has 1 atom stereocenters. The van der Waals surface area contributed by atoms with Gasteiger partial charge < -0.3 is 10.1 Å². The van der Waals surface area contributed by atoms with Gasteiger partial charge in [0, 0.05) is 13.2 Å². The predicted molar refractivity (Wildman–Crippen MR) is 93.1 cm³/mol. The van der Waals surface area contributed by atoms with Crippen molar-refractivity contribution in [2.45, 2.75) is 13.0 Å². The van der Waals surface area contributed by atoms with Gasteiger partial charge in [-0.1, -0.05) is 34.8 Å². The first-order valence-corrected chi connectivity index (χ1v) is 9.45. The van der Waals surface area contributed by atoms with Crippen molar-refractivity contribution >= 4 is 56.4 Å². The van der Waals surface area contributed by atoms with Crippen molar-refractivity contribution in [3.63, 3.8) is 0 Å². The van der Waals surface area contributed by atoms with Gasteiger partial charge in [0.1, 0.15) is 6.54 Å². The largest absolute Gasteiger partial charge is 0.383 e. The van der Waals surface area contributed by atoms with Crippen LogP contribution in [0.15, 0.2) is 12.1 Å². The molecule has 0 unspecified atom stereocenters. The summed E-state index contributed by atoms with van der Waals surface area (Å²) in [6.45, 7) is 1.60.